The van der Waals surface area contributed by atoms with E-state index in [1.807, 2.05) is 9.80 Å². The van der Waals surface area contributed by atoms with Crippen LogP contribution in [0.1, 0.15) is 13.8 Å². The number of carbonyl (C=O) groups is 4. The van der Waals surface area contributed by atoms with Crippen molar-refractivity contribution >= 4 is 69.6 Å². The molecular weight excluding hydrogens is 881 g/mol. The van der Waals surface area contributed by atoms with Crippen molar-refractivity contribution in [3.8, 4) is 11.5 Å². The van der Waals surface area contributed by atoms with Crippen LogP contribution in [0.25, 0.3) is 0 Å². The topological polar surface area (TPSA) is 115 Å². The molecular formula is C43H42Cl2F6N6O6. The predicted molar refractivity (Wildman–Crippen MR) is 227 cm³/mol. The highest BCUT2D eigenvalue weighted by Crippen LogP contribution is 2.30. The van der Waals surface area contributed by atoms with Crippen LogP contribution < -0.4 is 34.4 Å². The van der Waals surface area contributed by atoms with Gasteiger partial charge >= 0.3 is 12.7 Å². The summed E-state index contributed by atoms with van der Waals surface area (Å²) in [5.74, 6) is -1.60. The molecule has 4 heterocycles. The molecule has 0 radical (unpaired) electrons. The number of piperazine rings is 2. The van der Waals surface area contributed by atoms with Crippen molar-refractivity contribution in [1.82, 2.24) is 10.2 Å². The van der Waals surface area contributed by atoms with Crippen LogP contribution in [0.15, 0.2) is 109 Å². The van der Waals surface area contributed by atoms with Crippen molar-refractivity contribution in [2.75, 3.05) is 72.0 Å². The Morgan fingerprint density at radius 2 is 0.905 bits per heavy atom. The van der Waals surface area contributed by atoms with Gasteiger partial charge in [0.05, 0.1) is 23.8 Å². The number of nitrogens with zero attached hydrogens (tertiary/aromatic N) is 5. The van der Waals surface area contributed by atoms with Gasteiger partial charge in [-0.05, 0) is 97.1 Å². The molecule has 0 aromatic heterocycles. The molecule has 20 heteroatoms. The SMILES string of the molecule is C.FC(F)(F)Oc1ccc(N2CCNCC2)cc1.O=C1C=CC(=O)N1c1ccc(Cl)cc1.O=C1CC(N2CCN(c3ccc(OC(F)(F)F)cc3)CC2)C(=O)N1c1ccc(Cl)cc1. The second kappa shape index (κ2) is 21.0. The van der Waals surface area contributed by atoms with E-state index in [-0.39, 0.29) is 49.0 Å². The van der Waals surface area contributed by atoms with E-state index >= 15 is 0 Å². The number of imide groups is 2. The predicted octanol–water partition coefficient (Wildman–Crippen LogP) is 8.09. The van der Waals surface area contributed by atoms with E-state index < -0.39 is 18.8 Å². The summed E-state index contributed by atoms with van der Waals surface area (Å²) in [6.07, 6.45) is -6.74. The minimum absolute atomic E-state index is 0. The third-order valence-corrected chi connectivity index (χ3v) is 10.3. The third-order valence-electron chi connectivity index (χ3n) is 9.84. The first-order valence-corrected chi connectivity index (χ1v) is 19.8. The summed E-state index contributed by atoms with van der Waals surface area (Å²) in [5, 5.41) is 4.30. The fraction of sp³-hybridized carbons (Fsp3) is 0.302. The molecule has 1 N–H and O–H groups in total. The Morgan fingerprint density at radius 3 is 1.32 bits per heavy atom. The minimum Gasteiger partial charge on any atom is -0.406 e. The van der Waals surface area contributed by atoms with Gasteiger partial charge in [0.25, 0.3) is 17.7 Å². The molecule has 0 bridgehead atoms. The lowest BCUT2D eigenvalue weighted by molar-refractivity contribution is -0.275. The monoisotopic (exact) mass is 922 g/mol. The average Bonchev–Trinajstić information content (AvgIpc) is 3.74. The molecule has 4 aliphatic heterocycles. The quantitative estimate of drug-likeness (QED) is 0.144. The Hall–Kier alpha value is -5.82. The van der Waals surface area contributed by atoms with Gasteiger partial charge in [-0.1, -0.05) is 30.6 Å². The first-order valence-electron chi connectivity index (χ1n) is 19.0. The molecule has 336 valence electrons. The third kappa shape index (κ3) is 13.3. The van der Waals surface area contributed by atoms with Crippen LogP contribution >= 0.6 is 23.2 Å². The van der Waals surface area contributed by atoms with Gasteiger partial charge in [0.2, 0.25) is 5.91 Å². The zero-order valence-electron chi connectivity index (χ0n) is 32.5. The number of benzene rings is 4. The molecule has 4 aromatic rings. The Kier molecular flexibility index (Phi) is 16.1. The lowest BCUT2D eigenvalue weighted by atomic mass is 10.1. The first kappa shape index (κ1) is 48.2. The van der Waals surface area contributed by atoms with Gasteiger partial charge in [-0.2, -0.15) is 0 Å². The number of carbonyl (C=O) groups excluding carboxylic acids is 4. The maximum atomic E-state index is 12.9. The fourth-order valence-corrected chi connectivity index (χ4v) is 7.19. The molecule has 4 amide bonds. The van der Waals surface area contributed by atoms with Crippen LogP contribution in [0.5, 0.6) is 11.5 Å². The number of ether oxygens (including phenoxy) is 2. The van der Waals surface area contributed by atoms with Crippen LogP contribution in [-0.2, 0) is 19.2 Å². The van der Waals surface area contributed by atoms with E-state index in [0.717, 1.165) is 42.5 Å². The van der Waals surface area contributed by atoms with Crippen LogP contribution in [0.2, 0.25) is 10.0 Å². The number of alkyl halides is 6. The summed E-state index contributed by atoms with van der Waals surface area (Å²) >= 11 is 11.6. The summed E-state index contributed by atoms with van der Waals surface area (Å²) in [6.45, 7) is 5.77. The van der Waals surface area contributed by atoms with Crippen LogP contribution in [0.3, 0.4) is 0 Å². The minimum atomic E-state index is -4.72. The van der Waals surface area contributed by atoms with Gasteiger partial charge in [0.1, 0.15) is 11.5 Å². The largest absolute Gasteiger partial charge is 0.573 e. The maximum absolute atomic E-state index is 12.9. The Balaban J connectivity index is 0.000000197. The Labute approximate surface area is 369 Å². The Morgan fingerprint density at radius 1 is 0.524 bits per heavy atom. The second-order valence-corrected chi connectivity index (χ2v) is 14.8. The van der Waals surface area contributed by atoms with Gasteiger partial charge in [-0.25, -0.2) is 9.80 Å². The highest BCUT2D eigenvalue weighted by atomic mass is 35.5. The van der Waals surface area contributed by atoms with Gasteiger partial charge in [0.15, 0.2) is 0 Å². The molecule has 0 spiro atoms. The fourth-order valence-electron chi connectivity index (χ4n) is 6.94. The van der Waals surface area contributed by atoms with Crippen LogP contribution in [0, 0.1) is 0 Å². The van der Waals surface area contributed by atoms with E-state index in [9.17, 15) is 45.5 Å². The van der Waals surface area contributed by atoms with Crippen molar-refractivity contribution in [3.63, 3.8) is 0 Å². The van der Waals surface area contributed by atoms with Crippen LogP contribution in [-0.4, -0.2) is 99.7 Å². The first-order chi connectivity index (χ1) is 29.4. The van der Waals surface area contributed by atoms with E-state index in [2.05, 4.69) is 19.7 Å². The second-order valence-electron chi connectivity index (χ2n) is 13.9. The van der Waals surface area contributed by atoms with Crippen molar-refractivity contribution in [1.29, 1.82) is 0 Å². The molecule has 4 aliphatic rings. The molecule has 8 rings (SSSR count). The number of anilines is 4. The Bertz CT molecular complexity index is 2200. The smallest absolute Gasteiger partial charge is 0.406 e. The molecule has 0 saturated carbocycles. The molecule has 1 atom stereocenters. The summed E-state index contributed by atoms with van der Waals surface area (Å²) in [7, 11) is 0. The average molecular weight is 924 g/mol. The molecule has 12 nitrogen and oxygen atoms in total. The summed E-state index contributed by atoms with van der Waals surface area (Å²) in [4.78, 5) is 56.3. The zero-order chi connectivity index (χ0) is 44.6. The molecule has 3 fully saturated rings. The summed E-state index contributed by atoms with van der Waals surface area (Å²) in [5.41, 5.74) is 2.72. The molecule has 3 saturated heterocycles. The number of hydrogen-bond donors (Lipinski definition) is 1. The van der Waals surface area contributed by atoms with Crippen molar-refractivity contribution in [3.05, 3.63) is 119 Å². The molecule has 1 unspecified atom stereocenters. The van der Waals surface area contributed by atoms with Gasteiger partial charge in [0, 0.05) is 85.9 Å². The number of amides is 4. The number of nitrogens with one attached hydrogen (secondary N) is 1. The number of rotatable bonds is 7. The van der Waals surface area contributed by atoms with E-state index in [4.69, 9.17) is 23.2 Å². The van der Waals surface area contributed by atoms with Crippen molar-refractivity contribution in [2.45, 2.75) is 32.6 Å². The summed E-state index contributed by atoms with van der Waals surface area (Å²) in [6, 6.07) is 24.2. The van der Waals surface area contributed by atoms with E-state index in [1.165, 1.54) is 41.3 Å². The van der Waals surface area contributed by atoms with E-state index in [1.54, 1.807) is 72.8 Å². The highest BCUT2D eigenvalue weighted by molar-refractivity contribution is 6.31. The standard InChI is InChI=1S/C21H19ClF3N3O3.C11H13F3N2O.C10H6ClNO2.CH4/c22-14-1-3-16(4-2-14)28-19(29)13-18(20(28)30)27-11-9-26(10-12-27)15-5-7-17(8-6-15)31-21(23,24)25;12-11(13,14)17-10-3-1-9(2-4-10)16-7-5-15-6-8-16;11-7-1-3-8(4-2-7)12-9(13)5-6-10(12)14;/h1-8,18H,9-13H2;1-4,15H,5-8H2;1-6H;1H4. The summed E-state index contributed by atoms with van der Waals surface area (Å²) < 4.78 is 80.5. The zero-order valence-corrected chi connectivity index (χ0v) is 34.1. The molecule has 4 aromatic carbocycles. The lowest BCUT2D eigenvalue weighted by Crippen LogP contribution is -2.52. The van der Waals surface area contributed by atoms with E-state index in [0.29, 0.717) is 47.6 Å². The highest BCUT2D eigenvalue weighted by Gasteiger charge is 2.43. The van der Waals surface area contributed by atoms with Gasteiger partial charge in [-0.15, -0.1) is 26.3 Å². The van der Waals surface area contributed by atoms with Crippen LogP contribution in [0.4, 0.5) is 49.1 Å². The van der Waals surface area contributed by atoms with Gasteiger partial charge in [-0.3, -0.25) is 24.1 Å². The maximum Gasteiger partial charge on any atom is 0.573 e. The molecule has 63 heavy (non-hydrogen) atoms. The van der Waals surface area contributed by atoms with Gasteiger partial charge < -0.3 is 24.6 Å². The number of hydrogen-bond acceptors (Lipinski definition) is 10. The van der Waals surface area contributed by atoms with Crippen molar-refractivity contribution in [2.24, 2.45) is 0 Å². The number of halogens is 8. The van der Waals surface area contributed by atoms with Crippen molar-refractivity contribution < 1.29 is 55.0 Å². The normalized spacial score (nSPS) is 18.1. The molecule has 0 aliphatic carbocycles. The lowest BCUT2D eigenvalue weighted by Gasteiger charge is -2.38.